The van der Waals surface area contributed by atoms with Gasteiger partial charge in [0.05, 0.1) is 36.4 Å². The van der Waals surface area contributed by atoms with Gasteiger partial charge in [-0.3, -0.25) is 4.68 Å². The van der Waals surface area contributed by atoms with Gasteiger partial charge in [-0.25, -0.2) is 4.98 Å². The summed E-state index contributed by atoms with van der Waals surface area (Å²) >= 11 is 5.94. The normalized spacial score (nSPS) is 17.3. The fourth-order valence-electron chi connectivity index (χ4n) is 2.98. The van der Waals surface area contributed by atoms with E-state index < -0.39 is 5.41 Å². The molecule has 0 aliphatic carbocycles. The van der Waals surface area contributed by atoms with Crippen molar-refractivity contribution in [3.05, 3.63) is 47.3 Å². The van der Waals surface area contributed by atoms with Crippen molar-refractivity contribution in [3.8, 4) is 11.5 Å². The predicted octanol–water partition coefficient (Wildman–Crippen LogP) is 3.51. The largest absolute Gasteiger partial charge is 0.377 e. The summed E-state index contributed by atoms with van der Waals surface area (Å²) in [6.07, 6.45) is 5.43. The van der Waals surface area contributed by atoms with E-state index in [0.717, 1.165) is 11.1 Å². The van der Waals surface area contributed by atoms with Crippen LogP contribution in [0.25, 0.3) is 11.5 Å². The Balaban J connectivity index is 1.68. The van der Waals surface area contributed by atoms with Gasteiger partial charge in [-0.1, -0.05) is 36.7 Å². The molecule has 4 heterocycles. The molecule has 1 aliphatic heterocycles. The Labute approximate surface area is 156 Å². The average Bonchev–Trinajstić information content (AvgIpc) is 3.22. The molecule has 1 atom stereocenters. The Kier molecular flexibility index (Phi) is 4.28. The molecule has 0 aromatic carbocycles. The third-order valence-corrected chi connectivity index (χ3v) is 5.44. The third-order valence-electron chi connectivity index (χ3n) is 5.22. The first-order valence-electron chi connectivity index (χ1n) is 8.57. The number of rotatable bonds is 5. The minimum Gasteiger partial charge on any atom is -0.377 e. The van der Waals surface area contributed by atoms with E-state index in [9.17, 15) is 0 Å². The summed E-state index contributed by atoms with van der Waals surface area (Å²) in [7, 11) is 0. The SMILES string of the molecule is CC(C)C(C)(c1ccc(Cl)nc1)c1noc(-c2cnn(C3COC3)c2)n1. The highest BCUT2D eigenvalue weighted by atomic mass is 35.5. The molecule has 0 N–H and O–H groups in total. The average molecular weight is 374 g/mol. The predicted molar refractivity (Wildman–Crippen MR) is 95.9 cm³/mol. The molecule has 1 aliphatic rings. The summed E-state index contributed by atoms with van der Waals surface area (Å²) in [5, 5.41) is 9.10. The first-order chi connectivity index (χ1) is 12.5. The van der Waals surface area contributed by atoms with Crippen molar-refractivity contribution < 1.29 is 9.26 Å². The zero-order valence-corrected chi connectivity index (χ0v) is 15.6. The molecular weight excluding hydrogens is 354 g/mol. The Bertz CT molecular complexity index is 900. The highest BCUT2D eigenvalue weighted by Gasteiger charge is 2.38. The van der Waals surface area contributed by atoms with Crippen LogP contribution in [0.4, 0.5) is 0 Å². The van der Waals surface area contributed by atoms with Gasteiger partial charge in [0.2, 0.25) is 0 Å². The second-order valence-corrected chi connectivity index (χ2v) is 7.44. The molecule has 26 heavy (non-hydrogen) atoms. The number of pyridine rings is 1. The maximum Gasteiger partial charge on any atom is 0.261 e. The third kappa shape index (κ3) is 2.81. The van der Waals surface area contributed by atoms with Crippen LogP contribution in [-0.2, 0) is 10.2 Å². The summed E-state index contributed by atoms with van der Waals surface area (Å²) in [4.78, 5) is 8.88. The molecule has 8 heteroatoms. The summed E-state index contributed by atoms with van der Waals surface area (Å²) in [6.45, 7) is 7.71. The van der Waals surface area contributed by atoms with E-state index in [4.69, 9.17) is 20.9 Å². The molecule has 0 radical (unpaired) electrons. The van der Waals surface area contributed by atoms with E-state index in [-0.39, 0.29) is 12.0 Å². The molecule has 1 fully saturated rings. The van der Waals surface area contributed by atoms with Crippen molar-refractivity contribution in [2.45, 2.75) is 32.2 Å². The van der Waals surface area contributed by atoms with Crippen molar-refractivity contribution in [2.75, 3.05) is 13.2 Å². The summed E-state index contributed by atoms with van der Waals surface area (Å²) < 4.78 is 12.6. The maximum atomic E-state index is 5.94. The molecular formula is C18H20ClN5O2. The van der Waals surface area contributed by atoms with Gasteiger partial charge in [0.25, 0.3) is 5.89 Å². The van der Waals surface area contributed by atoms with Gasteiger partial charge in [0, 0.05) is 12.4 Å². The van der Waals surface area contributed by atoms with Crippen LogP contribution in [0.3, 0.4) is 0 Å². The number of hydrogen-bond donors (Lipinski definition) is 0. The van der Waals surface area contributed by atoms with Crippen LogP contribution in [0.1, 0.15) is 38.2 Å². The standard InChI is InChI=1S/C18H20ClN5O2/c1-11(2)18(3,13-4-5-15(19)20-7-13)17-22-16(26-23-17)12-6-21-24(8-12)14-9-25-10-14/h4-8,11,14H,9-10H2,1-3H3. The first-order valence-corrected chi connectivity index (χ1v) is 8.94. The van der Waals surface area contributed by atoms with Crippen molar-refractivity contribution in [2.24, 2.45) is 5.92 Å². The second-order valence-electron chi connectivity index (χ2n) is 7.05. The lowest BCUT2D eigenvalue weighted by molar-refractivity contribution is -0.0286. The van der Waals surface area contributed by atoms with Gasteiger partial charge in [0.15, 0.2) is 5.82 Å². The van der Waals surface area contributed by atoms with Crippen molar-refractivity contribution in [3.63, 3.8) is 0 Å². The van der Waals surface area contributed by atoms with Gasteiger partial charge >= 0.3 is 0 Å². The number of halogens is 1. The van der Waals surface area contributed by atoms with E-state index in [1.807, 2.05) is 16.9 Å². The minimum absolute atomic E-state index is 0.228. The number of ether oxygens (including phenoxy) is 1. The lowest BCUT2D eigenvalue weighted by Gasteiger charge is -2.30. The summed E-state index contributed by atoms with van der Waals surface area (Å²) in [6, 6.07) is 4.02. The van der Waals surface area contributed by atoms with Crippen LogP contribution in [0.15, 0.2) is 35.2 Å². The Morgan fingerprint density at radius 1 is 1.27 bits per heavy atom. The number of hydrogen-bond acceptors (Lipinski definition) is 6. The Morgan fingerprint density at radius 2 is 2.08 bits per heavy atom. The summed E-state index contributed by atoms with van der Waals surface area (Å²) in [5.41, 5.74) is 1.35. The van der Waals surface area contributed by atoms with E-state index in [0.29, 0.717) is 30.1 Å². The molecule has 0 amide bonds. The van der Waals surface area contributed by atoms with Crippen molar-refractivity contribution in [1.82, 2.24) is 24.9 Å². The first kappa shape index (κ1) is 17.2. The number of nitrogens with zero attached hydrogens (tertiary/aromatic N) is 5. The van der Waals surface area contributed by atoms with Gasteiger partial charge in [0.1, 0.15) is 5.15 Å². The molecule has 4 rings (SSSR count). The lowest BCUT2D eigenvalue weighted by atomic mass is 9.73. The van der Waals surface area contributed by atoms with Gasteiger partial charge in [-0.2, -0.15) is 10.1 Å². The van der Waals surface area contributed by atoms with Crippen LogP contribution < -0.4 is 0 Å². The highest BCUT2D eigenvalue weighted by molar-refractivity contribution is 6.29. The van der Waals surface area contributed by atoms with E-state index in [2.05, 4.69) is 41.0 Å². The minimum atomic E-state index is -0.447. The molecule has 0 bridgehead atoms. The van der Waals surface area contributed by atoms with Crippen LogP contribution in [0.5, 0.6) is 0 Å². The Morgan fingerprint density at radius 3 is 2.69 bits per heavy atom. The van der Waals surface area contributed by atoms with Crippen molar-refractivity contribution in [1.29, 1.82) is 0 Å². The molecule has 0 saturated carbocycles. The zero-order valence-electron chi connectivity index (χ0n) is 14.9. The van der Waals surface area contributed by atoms with Gasteiger partial charge in [-0.05, 0) is 24.5 Å². The van der Waals surface area contributed by atoms with E-state index in [1.54, 1.807) is 18.5 Å². The fraction of sp³-hybridized carbons (Fsp3) is 0.444. The topological polar surface area (TPSA) is 78.9 Å². The number of aromatic nitrogens is 5. The monoisotopic (exact) mass is 373 g/mol. The summed E-state index contributed by atoms with van der Waals surface area (Å²) in [5.74, 6) is 1.30. The molecule has 3 aromatic rings. The van der Waals surface area contributed by atoms with Crippen LogP contribution in [0.2, 0.25) is 5.15 Å². The maximum absolute atomic E-state index is 5.94. The Hall–Kier alpha value is -2.25. The molecule has 136 valence electrons. The van der Waals surface area contributed by atoms with Crippen molar-refractivity contribution >= 4 is 11.6 Å². The second kappa shape index (κ2) is 6.48. The quantitative estimate of drug-likeness (QED) is 0.637. The van der Waals surface area contributed by atoms with E-state index in [1.165, 1.54) is 0 Å². The zero-order chi connectivity index (χ0) is 18.3. The van der Waals surface area contributed by atoms with Gasteiger partial charge in [-0.15, -0.1) is 0 Å². The smallest absolute Gasteiger partial charge is 0.261 e. The van der Waals surface area contributed by atoms with E-state index >= 15 is 0 Å². The molecule has 7 nitrogen and oxygen atoms in total. The van der Waals surface area contributed by atoms with Gasteiger partial charge < -0.3 is 9.26 Å². The molecule has 0 spiro atoms. The molecule has 1 unspecified atom stereocenters. The van der Waals surface area contributed by atoms with Crippen LogP contribution >= 0.6 is 11.6 Å². The lowest BCUT2D eigenvalue weighted by Crippen LogP contribution is -2.31. The fourth-order valence-corrected chi connectivity index (χ4v) is 3.09. The molecule has 1 saturated heterocycles. The highest BCUT2D eigenvalue weighted by Crippen LogP contribution is 2.38. The van der Waals surface area contributed by atoms with Crippen LogP contribution in [-0.4, -0.2) is 38.1 Å². The molecule has 3 aromatic heterocycles. The van der Waals surface area contributed by atoms with Crippen LogP contribution in [0, 0.1) is 5.92 Å².